The van der Waals surface area contributed by atoms with E-state index < -0.39 is 17.5 Å². The summed E-state index contributed by atoms with van der Waals surface area (Å²) in [4.78, 5) is 12.0. The molecule has 2 aromatic rings. The van der Waals surface area contributed by atoms with Crippen molar-refractivity contribution in [3.8, 4) is 5.75 Å². The lowest BCUT2D eigenvalue weighted by Crippen LogP contribution is -2.14. The number of aromatic nitrogens is 2. The number of hydrogen-bond acceptors (Lipinski definition) is 3. The van der Waals surface area contributed by atoms with Crippen LogP contribution >= 0.6 is 0 Å². The Morgan fingerprint density at radius 3 is 2.52 bits per heavy atom. The van der Waals surface area contributed by atoms with Crippen molar-refractivity contribution >= 4 is 0 Å². The fourth-order valence-corrected chi connectivity index (χ4v) is 2.40. The van der Waals surface area contributed by atoms with Crippen LogP contribution in [-0.4, -0.2) is 22.0 Å². The first kappa shape index (κ1) is 15.3. The molecule has 1 aromatic carbocycles. The van der Waals surface area contributed by atoms with E-state index in [1.165, 1.54) is 19.2 Å². The second-order valence-electron chi connectivity index (χ2n) is 5.19. The fourth-order valence-electron chi connectivity index (χ4n) is 2.40. The van der Waals surface area contributed by atoms with Crippen LogP contribution < -0.4 is 10.3 Å². The Labute approximate surface area is 122 Å². The molecule has 0 bridgehead atoms. The van der Waals surface area contributed by atoms with E-state index in [2.05, 4.69) is 5.10 Å². The number of rotatable bonds is 4. The molecule has 6 heteroatoms. The van der Waals surface area contributed by atoms with Gasteiger partial charge in [-0.05, 0) is 32.9 Å². The van der Waals surface area contributed by atoms with Crippen molar-refractivity contribution in [3.05, 3.63) is 51.2 Å². The van der Waals surface area contributed by atoms with Crippen molar-refractivity contribution in [1.82, 2.24) is 9.78 Å². The smallest absolute Gasteiger partial charge is 0.270 e. The molecule has 0 saturated heterocycles. The molecule has 2 N–H and O–H groups in total. The molecule has 0 aliphatic carbocycles. The quantitative estimate of drug-likeness (QED) is 0.909. The monoisotopic (exact) mass is 294 g/mol. The predicted octanol–water partition coefficient (Wildman–Crippen LogP) is 2.30. The van der Waals surface area contributed by atoms with Crippen LogP contribution in [-0.2, 0) is 0 Å². The molecular weight excluding hydrogens is 275 g/mol. The van der Waals surface area contributed by atoms with Gasteiger partial charge in [0.15, 0.2) is 0 Å². The minimum atomic E-state index is -1.32. The number of H-pyrrole nitrogens is 1. The number of nitrogens with zero attached hydrogens (tertiary/aromatic N) is 1. The van der Waals surface area contributed by atoms with Gasteiger partial charge >= 0.3 is 0 Å². The summed E-state index contributed by atoms with van der Waals surface area (Å²) in [5.41, 5.74) is 0.389. The molecule has 0 saturated carbocycles. The molecule has 1 heterocycles. The van der Waals surface area contributed by atoms with Gasteiger partial charge in [-0.1, -0.05) is 0 Å². The minimum absolute atomic E-state index is 0.0411. The molecule has 21 heavy (non-hydrogen) atoms. The molecule has 1 atom stereocenters. The highest BCUT2D eigenvalue weighted by atomic mass is 19.1. The van der Waals surface area contributed by atoms with Gasteiger partial charge in [0.25, 0.3) is 5.56 Å². The minimum Gasteiger partial charge on any atom is -0.497 e. The summed E-state index contributed by atoms with van der Waals surface area (Å²) >= 11 is 0. The maximum Gasteiger partial charge on any atom is 0.270 e. The third-order valence-electron chi connectivity index (χ3n) is 3.51. The van der Waals surface area contributed by atoms with Crippen LogP contribution in [0.4, 0.5) is 4.39 Å². The van der Waals surface area contributed by atoms with E-state index in [0.717, 1.165) is 0 Å². The lowest BCUT2D eigenvalue weighted by Gasteiger charge is -2.14. The topological polar surface area (TPSA) is 67.2 Å². The number of nitrogens with one attached hydrogen (secondary N) is 1. The highest BCUT2D eigenvalue weighted by Gasteiger charge is 2.24. The Balaban J connectivity index is 2.50. The first-order valence-electron chi connectivity index (χ1n) is 6.69. The summed E-state index contributed by atoms with van der Waals surface area (Å²) < 4.78 is 20.6. The zero-order valence-electron chi connectivity index (χ0n) is 12.5. The zero-order valence-corrected chi connectivity index (χ0v) is 12.5. The van der Waals surface area contributed by atoms with Gasteiger partial charge in [0.1, 0.15) is 17.7 Å². The van der Waals surface area contributed by atoms with Crippen molar-refractivity contribution < 1.29 is 14.2 Å². The normalized spacial score (nSPS) is 12.7. The van der Waals surface area contributed by atoms with Crippen LogP contribution in [0.2, 0.25) is 0 Å². The summed E-state index contributed by atoms with van der Waals surface area (Å²) in [5, 5.41) is 13.0. The van der Waals surface area contributed by atoms with E-state index in [4.69, 9.17) is 4.74 Å². The predicted molar refractivity (Wildman–Crippen MR) is 77.2 cm³/mol. The number of benzene rings is 1. The maximum atomic E-state index is 14.0. The second-order valence-corrected chi connectivity index (χ2v) is 5.19. The van der Waals surface area contributed by atoms with Gasteiger partial charge in [-0.25, -0.2) is 4.39 Å². The van der Waals surface area contributed by atoms with Gasteiger partial charge in [-0.2, -0.15) is 0 Å². The molecular formula is C15H19FN2O3. The highest BCUT2D eigenvalue weighted by Crippen LogP contribution is 2.27. The van der Waals surface area contributed by atoms with Crippen molar-refractivity contribution in [2.45, 2.75) is 32.9 Å². The van der Waals surface area contributed by atoms with Gasteiger partial charge in [-0.3, -0.25) is 14.6 Å². The van der Waals surface area contributed by atoms with Crippen LogP contribution in [0.25, 0.3) is 0 Å². The number of halogens is 1. The Kier molecular flexibility index (Phi) is 4.18. The van der Waals surface area contributed by atoms with Gasteiger partial charge < -0.3 is 9.84 Å². The van der Waals surface area contributed by atoms with Gasteiger partial charge in [0.05, 0.1) is 12.7 Å². The second kappa shape index (κ2) is 5.73. The summed E-state index contributed by atoms with van der Waals surface area (Å²) in [6, 6.07) is 4.19. The largest absolute Gasteiger partial charge is 0.497 e. The number of ether oxygens (including phenoxy) is 1. The summed E-state index contributed by atoms with van der Waals surface area (Å²) in [5.74, 6) is -0.258. The Bertz CT molecular complexity index is 703. The van der Waals surface area contributed by atoms with Crippen molar-refractivity contribution in [2.75, 3.05) is 7.11 Å². The zero-order chi connectivity index (χ0) is 15.7. The average molecular weight is 294 g/mol. The van der Waals surface area contributed by atoms with E-state index in [0.29, 0.717) is 11.4 Å². The van der Waals surface area contributed by atoms with E-state index in [-0.39, 0.29) is 17.2 Å². The van der Waals surface area contributed by atoms with Crippen LogP contribution in [0.3, 0.4) is 0 Å². The molecule has 0 radical (unpaired) electrons. The van der Waals surface area contributed by atoms with Crippen LogP contribution in [0.5, 0.6) is 5.75 Å². The van der Waals surface area contributed by atoms with Crippen molar-refractivity contribution in [2.24, 2.45) is 0 Å². The molecule has 0 aliphatic rings. The number of methoxy groups -OCH3 is 1. The average Bonchev–Trinajstić information content (AvgIpc) is 2.73. The van der Waals surface area contributed by atoms with Crippen LogP contribution in [0.15, 0.2) is 23.0 Å². The Hall–Kier alpha value is -2.08. The summed E-state index contributed by atoms with van der Waals surface area (Å²) in [6.07, 6.45) is -1.32. The summed E-state index contributed by atoms with van der Waals surface area (Å²) in [6.45, 7) is 5.54. The number of aliphatic hydroxyl groups is 1. The molecule has 1 unspecified atom stereocenters. The number of hydrogen-bond donors (Lipinski definition) is 2. The Morgan fingerprint density at radius 1 is 1.38 bits per heavy atom. The van der Waals surface area contributed by atoms with Crippen molar-refractivity contribution in [3.63, 3.8) is 0 Å². The molecule has 5 nitrogen and oxygen atoms in total. The molecule has 0 fully saturated rings. The Morgan fingerprint density at radius 2 is 2.05 bits per heavy atom. The van der Waals surface area contributed by atoms with E-state index in [1.807, 2.05) is 13.8 Å². The van der Waals surface area contributed by atoms with E-state index in [1.54, 1.807) is 17.7 Å². The number of aromatic amines is 1. The lowest BCUT2D eigenvalue weighted by atomic mass is 10.0. The molecule has 1 aromatic heterocycles. The standard InChI is InChI=1S/C15H19FN2O3/c1-8(2)18-9(3)13(15(20)17-18)14(19)11-6-5-10(21-4)7-12(11)16/h5-8,14,19H,1-4H3,(H,17,20). The van der Waals surface area contributed by atoms with E-state index in [9.17, 15) is 14.3 Å². The molecule has 0 amide bonds. The van der Waals surface area contributed by atoms with Gasteiger partial charge in [-0.15, -0.1) is 0 Å². The van der Waals surface area contributed by atoms with Crippen LogP contribution in [0.1, 0.15) is 42.8 Å². The molecule has 0 spiro atoms. The molecule has 114 valence electrons. The maximum absolute atomic E-state index is 14.0. The summed E-state index contributed by atoms with van der Waals surface area (Å²) in [7, 11) is 1.43. The highest BCUT2D eigenvalue weighted by molar-refractivity contribution is 5.36. The van der Waals surface area contributed by atoms with Gasteiger partial charge in [0, 0.05) is 23.4 Å². The molecule has 0 aliphatic heterocycles. The fraction of sp³-hybridized carbons (Fsp3) is 0.400. The molecule has 2 rings (SSSR count). The first-order valence-corrected chi connectivity index (χ1v) is 6.69. The number of aliphatic hydroxyl groups excluding tert-OH is 1. The SMILES string of the molecule is COc1ccc(C(O)c2c(C)n(C(C)C)[nH]c2=O)c(F)c1. The van der Waals surface area contributed by atoms with Crippen LogP contribution in [0, 0.1) is 12.7 Å². The third kappa shape index (κ3) is 2.71. The van der Waals surface area contributed by atoms with E-state index >= 15 is 0 Å². The van der Waals surface area contributed by atoms with Gasteiger partial charge in [0.2, 0.25) is 0 Å². The first-order chi connectivity index (χ1) is 9.86. The third-order valence-corrected chi connectivity index (χ3v) is 3.51. The van der Waals surface area contributed by atoms with Crippen molar-refractivity contribution in [1.29, 1.82) is 0 Å². The lowest BCUT2D eigenvalue weighted by molar-refractivity contribution is 0.212.